The average Bonchev–Trinajstić information content (AvgIpc) is 2.99. The lowest BCUT2D eigenvalue weighted by Crippen LogP contribution is -2.28. The van der Waals surface area contributed by atoms with E-state index in [9.17, 15) is 9.59 Å². The molecule has 2 rings (SSSR count). The standard InChI is InChI=1S/C19H26ClN5O2S/c1-12(2)10-25-17(8-7-16(21)26)23-24-19(25)28-11-18(27)22-13(3)14-5-4-6-15(20)9-14/h4-6,9,12-13H,7-8,10-11H2,1-3H3,(H2,21,26)(H,22,27)/t13-/m1/s1. The van der Waals surface area contributed by atoms with Crippen LogP contribution in [0.2, 0.25) is 5.02 Å². The molecule has 9 heteroatoms. The molecule has 1 aromatic carbocycles. The minimum atomic E-state index is -0.373. The van der Waals surface area contributed by atoms with Gasteiger partial charge in [-0.15, -0.1) is 10.2 Å². The van der Waals surface area contributed by atoms with Crippen molar-refractivity contribution in [3.63, 3.8) is 0 Å². The van der Waals surface area contributed by atoms with Gasteiger partial charge in [-0.25, -0.2) is 0 Å². The van der Waals surface area contributed by atoms with Gasteiger partial charge >= 0.3 is 0 Å². The van der Waals surface area contributed by atoms with Crippen molar-refractivity contribution in [1.82, 2.24) is 20.1 Å². The number of thioether (sulfide) groups is 1. The van der Waals surface area contributed by atoms with E-state index in [1.165, 1.54) is 11.8 Å². The van der Waals surface area contributed by atoms with Crippen molar-refractivity contribution in [2.24, 2.45) is 11.7 Å². The molecular formula is C19H26ClN5O2S. The third-order valence-electron chi connectivity index (χ3n) is 3.99. The number of nitrogens with two attached hydrogens (primary N) is 1. The van der Waals surface area contributed by atoms with Crippen LogP contribution in [-0.2, 0) is 22.6 Å². The Bertz CT molecular complexity index is 824. The minimum absolute atomic E-state index is 0.102. The van der Waals surface area contributed by atoms with Crippen LogP contribution in [0.1, 0.15) is 44.6 Å². The number of nitrogens with zero attached hydrogens (tertiary/aromatic N) is 3. The second-order valence-electron chi connectivity index (χ2n) is 7.00. The topological polar surface area (TPSA) is 103 Å². The van der Waals surface area contributed by atoms with E-state index in [1.54, 1.807) is 6.07 Å². The maximum atomic E-state index is 12.4. The van der Waals surface area contributed by atoms with Crippen LogP contribution in [0, 0.1) is 5.92 Å². The van der Waals surface area contributed by atoms with E-state index in [4.69, 9.17) is 17.3 Å². The molecule has 0 aliphatic carbocycles. The molecular weight excluding hydrogens is 398 g/mol. The van der Waals surface area contributed by atoms with Gasteiger partial charge in [-0.1, -0.05) is 49.3 Å². The third kappa shape index (κ3) is 6.83. The van der Waals surface area contributed by atoms with E-state index < -0.39 is 0 Å². The fraction of sp³-hybridized carbons (Fsp3) is 0.474. The maximum Gasteiger partial charge on any atom is 0.230 e. The van der Waals surface area contributed by atoms with Crippen molar-refractivity contribution in [3.8, 4) is 0 Å². The molecule has 0 saturated heterocycles. The highest BCUT2D eigenvalue weighted by atomic mass is 35.5. The molecule has 2 amide bonds. The molecule has 0 spiro atoms. The van der Waals surface area contributed by atoms with E-state index >= 15 is 0 Å². The SMILES string of the molecule is CC(C)Cn1c(CCC(N)=O)nnc1SCC(=O)N[C@H](C)c1cccc(Cl)c1. The summed E-state index contributed by atoms with van der Waals surface area (Å²) in [6, 6.07) is 7.27. The number of benzene rings is 1. The van der Waals surface area contributed by atoms with Crippen LogP contribution in [0.4, 0.5) is 0 Å². The summed E-state index contributed by atoms with van der Waals surface area (Å²) in [5, 5.41) is 12.6. The monoisotopic (exact) mass is 423 g/mol. The predicted octanol–water partition coefficient (Wildman–Crippen LogP) is 2.97. The number of hydrogen-bond donors (Lipinski definition) is 2. The van der Waals surface area contributed by atoms with Gasteiger partial charge < -0.3 is 15.6 Å². The van der Waals surface area contributed by atoms with Crippen molar-refractivity contribution in [1.29, 1.82) is 0 Å². The zero-order valence-electron chi connectivity index (χ0n) is 16.3. The Kier molecular flexibility index (Phi) is 8.32. The molecule has 1 heterocycles. The molecule has 1 atom stereocenters. The number of aryl methyl sites for hydroxylation is 1. The summed E-state index contributed by atoms with van der Waals surface area (Å²) in [7, 11) is 0. The Hall–Kier alpha value is -2.06. The highest BCUT2D eigenvalue weighted by Crippen LogP contribution is 2.21. The number of nitrogens with one attached hydrogen (secondary N) is 1. The number of rotatable bonds is 10. The highest BCUT2D eigenvalue weighted by Gasteiger charge is 2.17. The number of primary amides is 1. The van der Waals surface area contributed by atoms with Crippen LogP contribution in [0.15, 0.2) is 29.4 Å². The van der Waals surface area contributed by atoms with Crippen molar-refractivity contribution in [2.75, 3.05) is 5.75 Å². The van der Waals surface area contributed by atoms with Crippen molar-refractivity contribution >= 4 is 35.2 Å². The molecule has 152 valence electrons. The van der Waals surface area contributed by atoms with Gasteiger partial charge in [0.2, 0.25) is 11.8 Å². The first kappa shape index (κ1) is 22.2. The van der Waals surface area contributed by atoms with Crippen LogP contribution in [0.5, 0.6) is 0 Å². The molecule has 0 saturated carbocycles. The highest BCUT2D eigenvalue weighted by molar-refractivity contribution is 7.99. The fourth-order valence-corrected chi connectivity index (χ4v) is 3.64. The Morgan fingerprint density at radius 3 is 2.68 bits per heavy atom. The Labute approximate surface area is 174 Å². The summed E-state index contributed by atoms with van der Waals surface area (Å²) in [5.41, 5.74) is 6.18. The van der Waals surface area contributed by atoms with Crippen LogP contribution in [0.25, 0.3) is 0 Å². The van der Waals surface area contributed by atoms with Gasteiger partial charge in [0.15, 0.2) is 5.16 Å². The lowest BCUT2D eigenvalue weighted by molar-refractivity contribution is -0.119. The summed E-state index contributed by atoms with van der Waals surface area (Å²) in [5.74, 6) is 0.830. The molecule has 3 N–H and O–H groups in total. The largest absolute Gasteiger partial charge is 0.370 e. The molecule has 0 aliphatic rings. The number of halogens is 1. The Morgan fingerprint density at radius 1 is 1.29 bits per heavy atom. The second-order valence-corrected chi connectivity index (χ2v) is 8.38. The predicted molar refractivity (Wildman–Crippen MR) is 111 cm³/mol. The normalized spacial score (nSPS) is 12.2. The van der Waals surface area contributed by atoms with Crippen molar-refractivity contribution < 1.29 is 9.59 Å². The van der Waals surface area contributed by atoms with Crippen LogP contribution in [-0.4, -0.2) is 32.3 Å². The molecule has 0 radical (unpaired) electrons. The Balaban J connectivity index is 1.98. The number of aromatic nitrogens is 3. The summed E-state index contributed by atoms with van der Waals surface area (Å²) in [6.45, 7) is 6.80. The zero-order chi connectivity index (χ0) is 20.7. The molecule has 1 aromatic heterocycles. The maximum absolute atomic E-state index is 12.4. The van der Waals surface area contributed by atoms with Crippen LogP contribution in [0.3, 0.4) is 0 Å². The van der Waals surface area contributed by atoms with E-state index in [1.807, 2.05) is 29.7 Å². The van der Waals surface area contributed by atoms with E-state index in [2.05, 4.69) is 29.4 Å². The first-order valence-corrected chi connectivity index (χ1v) is 10.5. The number of hydrogen-bond acceptors (Lipinski definition) is 5. The first-order chi connectivity index (χ1) is 13.3. The van der Waals surface area contributed by atoms with Gasteiger partial charge in [-0.3, -0.25) is 9.59 Å². The molecule has 0 fully saturated rings. The summed E-state index contributed by atoms with van der Waals surface area (Å²) < 4.78 is 1.96. The van der Waals surface area contributed by atoms with Gasteiger partial charge in [-0.2, -0.15) is 0 Å². The van der Waals surface area contributed by atoms with Crippen LogP contribution < -0.4 is 11.1 Å². The average molecular weight is 424 g/mol. The van der Waals surface area contributed by atoms with Gasteiger partial charge in [0.1, 0.15) is 5.82 Å². The Morgan fingerprint density at radius 2 is 2.04 bits per heavy atom. The van der Waals surface area contributed by atoms with Gasteiger partial charge in [-0.05, 0) is 30.5 Å². The smallest absolute Gasteiger partial charge is 0.230 e. The van der Waals surface area contributed by atoms with E-state index in [0.717, 1.165) is 5.56 Å². The molecule has 2 aromatic rings. The van der Waals surface area contributed by atoms with Crippen molar-refractivity contribution in [3.05, 3.63) is 40.7 Å². The first-order valence-electron chi connectivity index (χ1n) is 9.14. The number of carbonyl (C=O) groups is 2. The molecule has 28 heavy (non-hydrogen) atoms. The lowest BCUT2D eigenvalue weighted by atomic mass is 10.1. The van der Waals surface area contributed by atoms with E-state index in [0.29, 0.717) is 34.9 Å². The van der Waals surface area contributed by atoms with Gasteiger partial charge in [0.25, 0.3) is 0 Å². The second kappa shape index (κ2) is 10.5. The summed E-state index contributed by atoms with van der Waals surface area (Å²) in [4.78, 5) is 23.4. The van der Waals surface area contributed by atoms with Crippen LogP contribution >= 0.6 is 23.4 Å². The molecule has 7 nitrogen and oxygen atoms in total. The lowest BCUT2D eigenvalue weighted by Gasteiger charge is -2.15. The fourth-order valence-electron chi connectivity index (χ4n) is 2.67. The third-order valence-corrected chi connectivity index (χ3v) is 5.20. The number of carbonyl (C=O) groups excluding carboxylic acids is 2. The quantitative estimate of drug-likeness (QED) is 0.572. The summed E-state index contributed by atoms with van der Waals surface area (Å²) >= 11 is 7.34. The minimum Gasteiger partial charge on any atom is -0.370 e. The van der Waals surface area contributed by atoms with Gasteiger partial charge in [0, 0.05) is 24.4 Å². The van der Waals surface area contributed by atoms with Crippen molar-refractivity contribution in [2.45, 2.75) is 51.4 Å². The molecule has 0 aliphatic heterocycles. The molecule has 0 bridgehead atoms. The molecule has 0 unspecified atom stereocenters. The zero-order valence-corrected chi connectivity index (χ0v) is 17.9. The van der Waals surface area contributed by atoms with Gasteiger partial charge in [0.05, 0.1) is 11.8 Å². The number of amides is 2. The summed E-state index contributed by atoms with van der Waals surface area (Å²) in [6.07, 6.45) is 0.659. The van der Waals surface area contributed by atoms with E-state index in [-0.39, 0.29) is 30.0 Å².